The van der Waals surface area contributed by atoms with Crippen LogP contribution in [0.5, 0.6) is 0 Å². The van der Waals surface area contributed by atoms with Gasteiger partial charge < -0.3 is 10.6 Å². The van der Waals surface area contributed by atoms with E-state index < -0.39 is 17.6 Å². The highest BCUT2D eigenvalue weighted by atomic mass is 35.5. The summed E-state index contributed by atoms with van der Waals surface area (Å²) in [5.41, 5.74) is -1.01. The highest BCUT2D eigenvalue weighted by Crippen LogP contribution is 2.34. The first-order chi connectivity index (χ1) is 11.3. The van der Waals surface area contributed by atoms with Crippen molar-refractivity contribution in [1.29, 1.82) is 0 Å². The lowest BCUT2D eigenvalue weighted by atomic mass is 10.2. The molecule has 1 aliphatic carbocycles. The molecule has 126 valence electrons. The maximum Gasteiger partial charge on any atom is 0.416 e. The smallest absolute Gasteiger partial charge is 0.351 e. The third-order valence-corrected chi connectivity index (χ3v) is 3.67. The quantitative estimate of drug-likeness (QED) is 0.869. The Hall–Kier alpha value is -2.35. The van der Waals surface area contributed by atoms with Gasteiger partial charge in [0.05, 0.1) is 16.3 Å². The minimum Gasteiger partial charge on any atom is -0.351 e. The monoisotopic (exact) mass is 356 g/mol. The van der Waals surface area contributed by atoms with Crippen LogP contribution in [0.1, 0.15) is 28.9 Å². The Bertz CT molecular complexity index is 778. The van der Waals surface area contributed by atoms with Crippen LogP contribution in [-0.2, 0) is 6.18 Å². The molecular formula is C15H12ClF3N4O. The van der Waals surface area contributed by atoms with Crippen LogP contribution in [0.4, 0.5) is 24.8 Å². The van der Waals surface area contributed by atoms with Crippen molar-refractivity contribution in [3.8, 4) is 0 Å². The topological polar surface area (TPSA) is 66.9 Å². The molecule has 24 heavy (non-hydrogen) atoms. The van der Waals surface area contributed by atoms with Gasteiger partial charge in [0.15, 0.2) is 0 Å². The zero-order valence-corrected chi connectivity index (χ0v) is 12.9. The fourth-order valence-corrected chi connectivity index (χ4v) is 2.11. The van der Waals surface area contributed by atoms with Crippen LogP contribution in [0.25, 0.3) is 0 Å². The molecule has 2 aromatic rings. The summed E-state index contributed by atoms with van der Waals surface area (Å²) in [6, 6.07) is 4.39. The summed E-state index contributed by atoms with van der Waals surface area (Å²) in [7, 11) is 0. The second-order valence-electron chi connectivity index (χ2n) is 5.33. The molecule has 1 aliphatic rings. The van der Waals surface area contributed by atoms with Gasteiger partial charge in [0.2, 0.25) is 5.95 Å². The fraction of sp³-hybridized carbons (Fsp3) is 0.267. The van der Waals surface area contributed by atoms with Crippen LogP contribution in [0.3, 0.4) is 0 Å². The first-order valence-corrected chi connectivity index (χ1v) is 7.48. The van der Waals surface area contributed by atoms with Crippen molar-refractivity contribution in [3.05, 3.63) is 46.7 Å². The molecule has 9 heteroatoms. The van der Waals surface area contributed by atoms with Crippen LogP contribution in [0.15, 0.2) is 30.5 Å². The summed E-state index contributed by atoms with van der Waals surface area (Å²) >= 11 is 5.86. The summed E-state index contributed by atoms with van der Waals surface area (Å²) in [6.45, 7) is 0. The third kappa shape index (κ3) is 3.94. The first kappa shape index (κ1) is 16.5. The Kier molecular flexibility index (Phi) is 4.31. The van der Waals surface area contributed by atoms with Gasteiger partial charge in [-0.3, -0.25) is 4.79 Å². The predicted octanol–water partition coefficient (Wildman–Crippen LogP) is 3.98. The molecule has 5 nitrogen and oxygen atoms in total. The van der Waals surface area contributed by atoms with Crippen molar-refractivity contribution in [2.45, 2.75) is 25.1 Å². The summed E-state index contributed by atoms with van der Waals surface area (Å²) < 4.78 is 38.3. The molecule has 1 aromatic carbocycles. The van der Waals surface area contributed by atoms with E-state index in [1.54, 1.807) is 0 Å². The maximum atomic E-state index is 12.8. The van der Waals surface area contributed by atoms with Gasteiger partial charge >= 0.3 is 6.18 Å². The Morgan fingerprint density at radius 2 is 2.00 bits per heavy atom. The molecule has 0 unspecified atom stereocenters. The maximum absolute atomic E-state index is 12.8. The number of benzene rings is 1. The van der Waals surface area contributed by atoms with Crippen molar-refractivity contribution in [2.24, 2.45) is 0 Å². The Morgan fingerprint density at radius 1 is 1.25 bits per heavy atom. The van der Waals surface area contributed by atoms with Crippen LogP contribution < -0.4 is 10.6 Å². The zero-order chi connectivity index (χ0) is 17.3. The molecule has 0 aliphatic heterocycles. The Morgan fingerprint density at radius 3 is 2.67 bits per heavy atom. The van der Waals surface area contributed by atoms with Crippen molar-refractivity contribution in [2.75, 3.05) is 10.6 Å². The lowest BCUT2D eigenvalue weighted by Crippen LogP contribution is -2.16. The fourth-order valence-electron chi connectivity index (χ4n) is 1.95. The molecule has 1 saturated carbocycles. The molecule has 1 aromatic heterocycles. The number of hydrogen-bond acceptors (Lipinski definition) is 4. The number of rotatable bonds is 4. The predicted molar refractivity (Wildman–Crippen MR) is 83.1 cm³/mol. The first-order valence-electron chi connectivity index (χ1n) is 7.10. The molecule has 0 radical (unpaired) electrons. The number of anilines is 2. The normalized spacial score (nSPS) is 14.3. The van der Waals surface area contributed by atoms with Crippen molar-refractivity contribution >= 4 is 29.1 Å². The number of hydrogen-bond donors (Lipinski definition) is 2. The molecule has 2 N–H and O–H groups in total. The molecular weight excluding hydrogens is 345 g/mol. The van der Waals surface area contributed by atoms with Crippen molar-refractivity contribution in [1.82, 2.24) is 9.97 Å². The van der Waals surface area contributed by atoms with Crippen molar-refractivity contribution in [3.63, 3.8) is 0 Å². The van der Waals surface area contributed by atoms with E-state index in [-0.39, 0.29) is 16.4 Å². The molecule has 1 fully saturated rings. The SMILES string of the molecule is O=C(Nc1cc(C(F)(F)F)ccc1Cl)c1ccnc(NC2CC2)n1. The summed E-state index contributed by atoms with van der Waals surface area (Å²) in [5, 5.41) is 5.39. The molecule has 0 bridgehead atoms. The van der Waals surface area contributed by atoms with E-state index in [1.807, 2.05) is 0 Å². The average Bonchev–Trinajstić information content (AvgIpc) is 3.32. The Balaban J connectivity index is 1.79. The molecule has 0 saturated heterocycles. The second kappa shape index (κ2) is 6.27. The van der Waals surface area contributed by atoms with E-state index in [0.29, 0.717) is 12.0 Å². The lowest BCUT2D eigenvalue weighted by molar-refractivity contribution is -0.137. The molecule has 1 heterocycles. The van der Waals surface area contributed by atoms with E-state index in [2.05, 4.69) is 20.6 Å². The number of aromatic nitrogens is 2. The van der Waals surface area contributed by atoms with E-state index in [4.69, 9.17) is 11.6 Å². The van der Waals surface area contributed by atoms with Gasteiger partial charge in [-0.1, -0.05) is 11.6 Å². The van der Waals surface area contributed by atoms with Gasteiger partial charge in [0, 0.05) is 12.2 Å². The Labute approximate surface area is 140 Å². The molecule has 0 spiro atoms. The molecule has 0 atom stereocenters. The van der Waals surface area contributed by atoms with Crippen molar-refractivity contribution < 1.29 is 18.0 Å². The standard InChI is InChI=1S/C15H12ClF3N4O/c16-10-4-1-8(15(17,18)19)7-12(10)22-13(24)11-5-6-20-14(23-11)21-9-2-3-9/h1,4-7,9H,2-3H2,(H,22,24)(H,20,21,23). The van der Waals surface area contributed by atoms with E-state index >= 15 is 0 Å². The number of halogens is 4. The van der Waals surface area contributed by atoms with Gasteiger partial charge in [0.1, 0.15) is 5.69 Å². The van der Waals surface area contributed by atoms with Crippen LogP contribution in [-0.4, -0.2) is 21.9 Å². The highest BCUT2D eigenvalue weighted by molar-refractivity contribution is 6.33. The third-order valence-electron chi connectivity index (χ3n) is 3.34. The van der Waals surface area contributed by atoms with Gasteiger partial charge in [-0.05, 0) is 37.1 Å². The summed E-state index contributed by atoms with van der Waals surface area (Å²) in [5.74, 6) is -0.363. The van der Waals surface area contributed by atoms with E-state index in [9.17, 15) is 18.0 Å². The number of carbonyl (C=O) groups is 1. The highest BCUT2D eigenvalue weighted by Gasteiger charge is 2.31. The zero-order valence-electron chi connectivity index (χ0n) is 12.2. The number of carbonyl (C=O) groups excluding carboxylic acids is 1. The van der Waals surface area contributed by atoms with Gasteiger partial charge in [-0.2, -0.15) is 13.2 Å². The summed E-state index contributed by atoms with van der Waals surface area (Å²) in [6.07, 6.45) is -1.10. The van der Waals surface area contributed by atoms with E-state index in [0.717, 1.165) is 31.0 Å². The second-order valence-corrected chi connectivity index (χ2v) is 5.74. The van der Waals surface area contributed by atoms with Crippen LogP contribution in [0.2, 0.25) is 5.02 Å². The summed E-state index contributed by atoms with van der Waals surface area (Å²) in [4.78, 5) is 20.3. The van der Waals surface area contributed by atoms with Gasteiger partial charge in [-0.25, -0.2) is 9.97 Å². The molecule has 1 amide bonds. The lowest BCUT2D eigenvalue weighted by Gasteiger charge is -2.11. The van der Waals surface area contributed by atoms with Gasteiger partial charge in [0.25, 0.3) is 5.91 Å². The minimum atomic E-state index is -4.53. The van der Waals surface area contributed by atoms with Gasteiger partial charge in [-0.15, -0.1) is 0 Å². The molecule has 3 rings (SSSR count). The number of amides is 1. The number of nitrogens with zero attached hydrogens (tertiary/aromatic N) is 2. The largest absolute Gasteiger partial charge is 0.416 e. The number of alkyl halides is 3. The average molecular weight is 357 g/mol. The van der Waals surface area contributed by atoms with Crippen LogP contribution >= 0.6 is 11.6 Å². The van der Waals surface area contributed by atoms with E-state index in [1.165, 1.54) is 12.3 Å². The minimum absolute atomic E-state index is 0.00161. The number of nitrogens with one attached hydrogen (secondary N) is 2. The van der Waals surface area contributed by atoms with Crippen LogP contribution in [0, 0.1) is 0 Å².